The summed E-state index contributed by atoms with van der Waals surface area (Å²) in [7, 11) is 0. The zero-order valence-electron chi connectivity index (χ0n) is 10.1. The summed E-state index contributed by atoms with van der Waals surface area (Å²) in [6, 6.07) is 11.3. The zero-order valence-corrected chi connectivity index (χ0v) is 10.9. The molecule has 0 aliphatic heterocycles. The molecule has 90 valence electrons. The molecule has 3 heteroatoms. The minimum Gasteiger partial charge on any atom is -0.326 e. The Bertz CT molecular complexity index is 607. The van der Waals surface area contributed by atoms with Crippen LogP contribution in [-0.4, -0.2) is 5.91 Å². The summed E-state index contributed by atoms with van der Waals surface area (Å²) in [6.07, 6.45) is 5.72. The lowest BCUT2D eigenvalue weighted by molar-refractivity contribution is -0.115. The number of terminal acetylenes is 1. The Hall–Kier alpha value is -2.05. The number of hydrogen-bond donors (Lipinski definition) is 1. The van der Waals surface area contributed by atoms with Crippen LogP contribution in [0.4, 0.5) is 5.69 Å². The number of carbonyl (C=O) groups excluding carboxylic acids is 1. The van der Waals surface area contributed by atoms with Crippen LogP contribution in [0, 0.1) is 19.3 Å². The van der Waals surface area contributed by atoms with Crippen molar-refractivity contribution in [3.05, 3.63) is 51.7 Å². The van der Waals surface area contributed by atoms with Gasteiger partial charge in [-0.3, -0.25) is 4.79 Å². The normalized spacial score (nSPS) is 9.78. The van der Waals surface area contributed by atoms with Gasteiger partial charge in [0.05, 0.1) is 6.42 Å². The van der Waals surface area contributed by atoms with Gasteiger partial charge in [-0.05, 0) is 37.3 Å². The summed E-state index contributed by atoms with van der Waals surface area (Å²) >= 11 is 1.64. The average molecular weight is 255 g/mol. The van der Waals surface area contributed by atoms with Gasteiger partial charge in [0.15, 0.2) is 0 Å². The Kier molecular flexibility index (Phi) is 3.81. The zero-order chi connectivity index (χ0) is 13.0. The topological polar surface area (TPSA) is 29.1 Å². The van der Waals surface area contributed by atoms with Crippen molar-refractivity contribution in [2.75, 3.05) is 5.32 Å². The van der Waals surface area contributed by atoms with E-state index in [9.17, 15) is 4.79 Å². The minimum atomic E-state index is -0.0222. The van der Waals surface area contributed by atoms with E-state index in [1.807, 2.05) is 37.3 Å². The summed E-state index contributed by atoms with van der Waals surface area (Å²) in [5.41, 5.74) is 1.50. The van der Waals surface area contributed by atoms with Gasteiger partial charge in [-0.15, -0.1) is 17.8 Å². The number of aryl methyl sites for hydroxylation is 1. The van der Waals surface area contributed by atoms with Gasteiger partial charge in [-0.1, -0.05) is 12.0 Å². The van der Waals surface area contributed by atoms with Crippen LogP contribution in [0.15, 0.2) is 36.4 Å². The van der Waals surface area contributed by atoms with Gasteiger partial charge in [-0.25, -0.2) is 0 Å². The molecule has 1 N–H and O–H groups in total. The highest BCUT2D eigenvalue weighted by Crippen LogP contribution is 2.16. The number of amides is 1. The lowest BCUT2D eigenvalue weighted by Gasteiger charge is -2.04. The molecular formula is C15H13NOS. The van der Waals surface area contributed by atoms with Crippen molar-refractivity contribution < 1.29 is 4.79 Å². The fourth-order valence-corrected chi connectivity index (χ4v) is 2.52. The van der Waals surface area contributed by atoms with E-state index in [2.05, 4.69) is 11.2 Å². The monoisotopic (exact) mass is 255 g/mol. The van der Waals surface area contributed by atoms with Crippen LogP contribution < -0.4 is 5.32 Å². The number of thiophene rings is 1. The molecule has 0 spiro atoms. The Labute approximate surface area is 111 Å². The van der Waals surface area contributed by atoms with E-state index in [4.69, 9.17) is 6.42 Å². The van der Waals surface area contributed by atoms with Crippen molar-refractivity contribution >= 4 is 22.9 Å². The predicted molar refractivity (Wildman–Crippen MR) is 75.8 cm³/mol. The minimum absolute atomic E-state index is 0.0222. The molecule has 0 saturated heterocycles. The van der Waals surface area contributed by atoms with Gasteiger partial charge in [0.1, 0.15) is 0 Å². The van der Waals surface area contributed by atoms with Crippen LogP contribution in [0.1, 0.15) is 15.3 Å². The van der Waals surface area contributed by atoms with E-state index in [0.29, 0.717) is 6.42 Å². The Morgan fingerprint density at radius 2 is 2.22 bits per heavy atom. The molecule has 18 heavy (non-hydrogen) atoms. The van der Waals surface area contributed by atoms with E-state index >= 15 is 0 Å². The fraction of sp³-hybridized carbons (Fsp3) is 0.133. The largest absolute Gasteiger partial charge is 0.326 e. The quantitative estimate of drug-likeness (QED) is 0.838. The standard InChI is InChI=1S/C15H13NOS/c1-3-12-5-4-6-13(9-12)16-15(17)10-14-8-7-11(2)18-14/h1,4-9H,10H2,2H3,(H,16,17). The molecule has 0 aliphatic carbocycles. The molecule has 2 rings (SSSR count). The summed E-state index contributed by atoms with van der Waals surface area (Å²) in [4.78, 5) is 14.1. The number of rotatable bonds is 3. The second-order valence-electron chi connectivity index (χ2n) is 3.96. The molecule has 2 nitrogen and oxygen atoms in total. The second-order valence-corrected chi connectivity index (χ2v) is 5.33. The average Bonchev–Trinajstić information content (AvgIpc) is 2.74. The molecule has 1 heterocycles. The van der Waals surface area contributed by atoms with Crippen LogP contribution in [0.5, 0.6) is 0 Å². The van der Waals surface area contributed by atoms with Crippen LogP contribution in [0.3, 0.4) is 0 Å². The highest BCUT2D eigenvalue weighted by Gasteiger charge is 2.06. The molecule has 1 aromatic heterocycles. The SMILES string of the molecule is C#Cc1cccc(NC(=O)Cc2ccc(C)s2)c1. The van der Waals surface area contributed by atoms with Crippen molar-refractivity contribution in [2.24, 2.45) is 0 Å². The van der Waals surface area contributed by atoms with Gasteiger partial charge < -0.3 is 5.32 Å². The molecule has 0 radical (unpaired) electrons. The fourth-order valence-electron chi connectivity index (χ4n) is 1.63. The summed E-state index contributed by atoms with van der Waals surface area (Å²) in [6.45, 7) is 2.03. The molecule has 1 amide bonds. The number of nitrogens with one attached hydrogen (secondary N) is 1. The third-order valence-corrected chi connectivity index (χ3v) is 3.44. The molecular weight excluding hydrogens is 242 g/mol. The first kappa shape index (κ1) is 12.4. The Balaban J connectivity index is 2.01. The maximum atomic E-state index is 11.8. The molecule has 0 bridgehead atoms. The van der Waals surface area contributed by atoms with E-state index < -0.39 is 0 Å². The second kappa shape index (κ2) is 5.52. The van der Waals surface area contributed by atoms with Gasteiger partial charge >= 0.3 is 0 Å². The van der Waals surface area contributed by atoms with Gasteiger partial charge in [-0.2, -0.15) is 0 Å². The molecule has 1 aromatic carbocycles. The van der Waals surface area contributed by atoms with E-state index in [-0.39, 0.29) is 5.91 Å². The van der Waals surface area contributed by atoms with Crippen LogP contribution in [0.2, 0.25) is 0 Å². The lowest BCUT2D eigenvalue weighted by Crippen LogP contribution is -2.13. The lowest BCUT2D eigenvalue weighted by atomic mass is 10.2. The molecule has 0 fully saturated rings. The predicted octanol–water partition coefficient (Wildman–Crippen LogP) is 3.22. The van der Waals surface area contributed by atoms with Gasteiger partial charge in [0.2, 0.25) is 5.91 Å². The third-order valence-electron chi connectivity index (χ3n) is 2.44. The summed E-state index contributed by atoms with van der Waals surface area (Å²) in [5.74, 6) is 2.52. The van der Waals surface area contributed by atoms with Gasteiger partial charge in [0, 0.05) is 21.0 Å². The number of carbonyl (C=O) groups is 1. The molecule has 0 aliphatic rings. The Morgan fingerprint density at radius 1 is 1.39 bits per heavy atom. The maximum Gasteiger partial charge on any atom is 0.229 e. The number of benzene rings is 1. The molecule has 2 aromatic rings. The van der Waals surface area contributed by atoms with Crippen LogP contribution in [0.25, 0.3) is 0 Å². The van der Waals surface area contributed by atoms with E-state index in [1.165, 1.54) is 4.88 Å². The molecule has 0 atom stereocenters. The first-order valence-electron chi connectivity index (χ1n) is 5.59. The van der Waals surface area contributed by atoms with Crippen molar-refractivity contribution in [1.29, 1.82) is 0 Å². The summed E-state index contributed by atoms with van der Waals surface area (Å²) in [5, 5.41) is 2.85. The van der Waals surface area contributed by atoms with Crippen molar-refractivity contribution in [3.63, 3.8) is 0 Å². The van der Waals surface area contributed by atoms with Crippen molar-refractivity contribution in [1.82, 2.24) is 0 Å². The van der Waals surface area contributed by atoms with Crippen LogP contribution in [-0.2, 0) is 11.2 Å². The third kappa shape index (κ3) is 3.22. The molecule has 0 unspecified atom stereocenters. The summed E-state index contributed by atoms with van der Waals surface area (Å²) < 4.78 is 0. The number of anilines is 1. The number of hydrogen-bond acceptors (Lipinski definition) is 2. The Morgan fingerprint density at radius 3 is 2.89 bits per heavy atom. The van der Waals surface area contributed by atoms with E-state index in [0.717, 1.165) is 16.1 Å². The molecule has 0 saturated carbocycles. The first-order valence-corrected chi connectivity index (χ1v) is 6.41. The highest BCUT2D eigenvalue weighted by atomic mass is 32.1. The maximum absolute atomic E-state index is 11.8. The highest BCUT2D eigenvalue weighted by molar-refractivity contribution is 7.12. The van der Waals surface area contributed by atoms with Crippen LogP contribution >= 0.6 is 11.3 Å². The van der Waals surface area contributed by atoms with Crippen molar-refractivity contribution in [2.45, 2.75) is 13.3 Å². The van der Waals surface area contributed by atoms with Gasteiger partial charge in [0.25, 0.3) is 0 Å². The smallest absolute Gasteiger partial charge is 0.229 e. The van der Waals surface area contributed by atoms with E-state index in [1.54, 1.807) is 17.4 Å². The van der Waals surface area contributed by atoms with Crippen molar-refractivity contribution in [3.8, 4) is 12.3 Å². The first-order chi connectivity index (χ1) is 8.67.